The van der Waals surface area contributed by atoms with E-state index in [1.165, 1.54) is 0 Å². The van der Waals surface area contributed by atoms with Crippen molar-refractivity contribution in [2.24, 2.45) is 5.92 Å². The maximum Gasteiger partial charge on any atom is 0.113 e. The Kier molecular flexibility index (Phi) is 7.34. The molecule has 1 N–H and O–H groups in total. The van der Waals surface area contributed by atoms with Gasteiger partial charge < -0.3 is 5.11 Å². The maximum absolute atomic E-state index is 10.0. The number of pyridine rings is 2. The van der Waals surface area contributed by atoms with E-state index >= 15 is 0 Å². The van der Waals surface area contributed by atoms with Gasteiger partial charge in [0.05, 0.1) is 11.8 Å². The molecule has 1 unspecified atom stereocenters. The molecule has 0 saturated carbocycles. The summed E-state index contributed by atoms with van der Waals surface area (Å²) in [5, 5.41) is 10.7. The number of rotatable bonds is 4. The van der Waals surface area contributed by atoms with Crippen molar-refractivity contribution in [2.75, 3.05) is 19.6 Å². The van der Waals surface area contributed by atoms with Crippen LogP contribution in [0, 0.1) is 17.8 Å². The number of nitrogens with zero attached hydrogens (tertiary/aromatic N) is 3. The van der Waals surface area contributed by atoms with Gasteiger partial charge in [0.2, 0.25) is 0 Å². The summed E-state index contributed by atoms with van der Waals surface area (Å²) in [5.74, 6) is 6.60. The number of hydrogen-bond acceptors (Lipinski definition) is 4. The molecule has 1 fully saturated rings. The number of halogens is 1. The van der Waals surface area contributed by atoms with E-state index in [9.17, 15) is 5.11 Å². The zero-order valence-corrected chi connectivity index (χ0v) is 18.8. The van der Waals surface area contributed by atoms with Crippen molar-refractivity contribution in [1.29, 1.82) is 0 Å². The van der Waals surface area contributed by atoms with Crippen molar-refractivity contribution in [2.45, 2.75) is 19.4 Å². The molecule has 2 atom stereocenters. The fourth-order valence-corrected chi connectivity index (χ4v) is 3.72. The number of benzene rings is 1. The molecular weight excluding hydrogens is 418 g/mol. The van der Waals surface area contributed by atoms with Crippen LogP contribution in [0.3, 0.4) is 0 Å². The molecule has 4 rings (SSSR count). The lowest BCUT2D eigenvalue weighted by Gasteiger charge is -2.33. The van der Waals surface area contributed by atoms with Crippen molar-refractivity contribution in [3.05, 3.63) is 89.0 Å². The number of hydrogen-bond donors (Lipinski definition) is 1. The Morgan fingerprint density at radius 2 is 1.84 bits per heavy atom. The van der Waals surface area contributed by atoms with E-state index in [0.29, 0.717) is 11.6 Å². The maximum atomic E-state index is 10.0. The standard InChI is InChI=1S/C27H26ClN3O/c1-20-14-16-31(19-27(20)32)15-2-3-25-11-4-21(17-29-25)5-12-26-13-8-23(18-30-26)22-6-9-24(28)10-7-22/h2-4,6-11,13,17-18,20,27,32H,14-16,19H2,1H3/b3-2+/t20?,27-/m1/s1. The number of β-amino-alcohol motifs (C(OH)–C–C–N with tert-alkyl or cyclic N) is 1. The van der Waals surface area contributed by atoms with Crippen LogP contribution in [0.15, 0.2) is 67.0 Å². The van der Waals surface area contributed by atoms with Gasteiger partial charge in [-0.2, -0.15) is 0 Å². The SMILES string of the molecule is CC1CCN(C/C=C/c2ccc(C#Cc3ccc(-c4ccc(Cl)cc4)cn3)cn2)C[C@H]1O. The molecular formula is C27H26ClN3O. The fraction of sp³-hybridized carbons (Fsp3) is 0.259. The molecule has 32 heavy (non-hydrogen) atoms. The Hall–Kier alpha value is -2.97. The highest BCUT2D eigenvalue weighted by molar-refractivity contribution is 6.30. The summed E-state index contributed by atoms with van der Waals surface area (Å²) in [4.78, 5) is 11.2. The molecule has 1 aliphatic rings. The van der Waals surface area contributed by atoms with Crippen LogP contribution in [0.2, 0.25) is 5.02 Å². The van der Waals surface area contributed by atoms with Gasteiger partial charge in [0.1, 0.15) is 5.69 Å². The minimum atomic E-state index is -0.226. The molecule has 0 amide bonds. The molecule has 4 nitrogen and oxygen atoms in total. The topological polar surface area (TPSA) is 49.2 Å². The predicted molar refractivity (Wildman–Crippen MR) is 130 cm³/mol. The predicted octanol–water partition coefficient (Wildman–Crippen LogP) is 4.91. The summed E-state index contributed by atoms with van der Waals surface area (Å²) in [5.41, 5.74) is 4.55. The van der Waals surface area contributed by atoms with Gasteiger partial charge in [-0.25, -0.2) is 4.98 Å². The summed E-state index contributed by atoms with van der Waals surface area (Å²) < 4.78 is 0. The molecule has 0 bridgehead atoms. The number of aliphatic hydroxyl groups is 1. The van der Waals surface area contributed by atoms with Crippen LogP contribution < -0.4 is 0 Å². The largest absolute Gasteiger partial charge is 0.392 e. The zero-order chi connectivity index (χ0) is 22.3. The monoisotopic (exact) mass is 443 g/mol. The summed E-state index contributed by atoms with van der Waals surface area (Å²) in [7, 11) is 0. The van der Waals surface area contributed by atoms with Crippen molar-refractivity contribution in [3.63, 3.8) is 0 Å². The first-order valence-corrected chi connectivity index (χ1v) is 11.2. The molecule has 1 aromatic carbocycles. The van der Waals surface area contributed by atoms with Crippen molar-refractivity contribution in [1.82, 2.24) is 14.9 Å². The number of aromatic nitrogens is 2. The van der Waals surface area contributed by atoms with E-state index < -0.39 is 0 Å². The Morgan fingerprint density at radius 3 is 2.53 bits per heavy atom. The van der Waals surface area contributed by atoms with Crippen LogP contribution in [0.4, 0.5) is 0 Å². The van der Waals surface area contributed by atoms with E-state index in [2.05, 4.69) is 39.7 Å². The number of piperidine rings is 1. The highest BCUT2D eigenvalue weighted by Crippen LogP contribution is 2.21. The average Bonchev–Trinajstić information content (AvgIpc) is 2.82. The smallest absolute Gasteiger partial charge is 0.113 e. The van der Waals surface area contributed by atoms with Crippen LogP contribution in [0.5, 0.6) is 0 Å². The van der Waals surface area contributed by atoms with E-state index in [1.807, 2.05) is 60.8 Å². The summed E-state index contributed by atoms with van der Waals surface area (Å²) in [6, 6.07) is 15.5. The molecule has 0 aliphatic carbocycles. The molecule has 3 heterocycles. The number of likely N-dealkylation sites (tertiary alicyclic amines) is 1. The van der Waals surface area contributed by atoms with E-state index in [0.717, 1.165) is 53.5 Å². The fourth-order valence-electron chi connectivity index (χ4n) is 3.60. The Morgan fingerprint density at radius 1 is 1.03 bits per heavy atom. The molecule has 162 valence electrons. The molecule has 2 aromatic heterocycles. The van der Waals surface area contributed by atoms with Gasteiger partial charge in [-0.05, 0) is 66.8 Å². The first kappa shape index (κ1) is 22.2. The third kappa shape index (κ3) is 6.05. The van der Waals surface area contributed by atoms with Gasteiger partial charge in [-0.1, -0.05) is 48.7 Å². The van der Waals surface area contributed by atoms with Gasteiger partial charge in [0.25, 0.3) is 0 Å². The second kappa shape index (κ2) is 10.6. The van der Waals surface area contributed by atoms with Crippen LogP contribution >= 0.6 is 11.6 Å². The van der Waals surface area contributed by atoms with Gasteiger partial charge in [-0.3, -0.25) is 9.88 Å². The molecule has 3 aromatic rings. The van der Waals surface area contributed by atoms with Crippen LogP contribution in [-0.2, 0) is 0 Å². The van der Waals surface area contributed by atoms with Crippen LogP contribution in [0.25, 0.3) is 17.2 Å². The quantitative estimate of drug-likeness (QED) is 0.582. The van der Waals surface area contributed by atoms with Gasteiger partial charge >= 0.3 is 0 Å². The Balaban J connectivity index is 1.32. The van der Waals surface area contributed by atoms with Gasteiger partial charge in [-0.15, -0.1) is 0 Å². The molecule has 0 radical (unpaired) electrons. The third-order valence-electron chi connectivity index (χ3n) is 5.72. The summed E-state index contributed by atoms with van der Waals surface area (Å²) in [6.45, 7) is 4.70. The highest BCUT2D eigenvalue weighted by atomic mass is 35.5. The zero-order valence-electron chi connectivity index (χ0n) is 18.1. The lowest BCUT2D eigenvalue weighted by atomic mass is 9.96. The first-order valence-electron chi connectivity index (χ1n) is 10.8. The van der Waals surface area contributed by atoms with Gasteiger partial charge in [0, 0.05) is 41.6 Å². The van der Waals surface area contributed by atoms with E-state index in [1.54, 1.807) is 6.20 Å². The van der Waals surface area contributed by atoms with E-state index in [-0.39, 0.29) is 6.10 Å². The molecule has 0 spiro atoms. The minimum Gasteiger partial charge on any atom is -0.392 e. The number of aliphatic hydroxyl groups excluding tert-OH is 1. The molecule has 1 aliphatic heterocycles. The second-order valence-electron chi connectivity index (χ2n) is 8.16. The minimum absolute atomic E-state index is 0.226. The first-order chi connectivity index (χ1) is 15.6. The molecule has 1 saturated heterocycles. The van der Waals surface area contributed by atoms with Crippen LogP contribution in [-0.4, -0.2) is 45.7 Å². The summed E-state index contributed by atoms with van der Waals surface area (Å²) >= 11 is 5.95. The van der Waals surface area contributed by atoms with E-state index in [4.69, 9.17) is 11.6 Å². The lowest BCUT2D eigenvalue weighted by molar-refractivity contribution is 0.0343. The normalized spacial score (nSPS) is 19.0. The van der Waals surface area contributed by atoms with Crippen molar-refractivity contribution < 1.29 is 5.11 Å². The van der Waals surface area contributed by atoms with Gasteiger partial charge in [0.15, 0.2) is 0 Å². The Labute approximate surface area is 194 Å². The third-order valence-corrected chi connectivity index (χ3v) is 5.97. The highest BCUT2D eigenvalue weighted by Gasteiger charge is 2.23. The van der Waals surface area contributed by atoms with Crippen molar-refractivity contribution in [3.8, 4) is 23.0 Å². The lowest BCUT2D eigenvalue weighted by Crippen LogP contribution is -2.42. The molecule has 5 heteroatoms. The summed E-state index contributed by atoms with van der Waals surface area (Å²) in [6.07, 6.45) is 8.53. The second-order valence-corrected chi connectivity index (χ2v) is 8.59. The van der Waals surface area contributed by atoms with Crippen molar-refractivity contribution >= 4 is 17.7 Å². The Bertz CT molecular complexity index is 1110. The van der Waals surface area contributed by atoms with Crippen LogP contribution in [0.1, 0.15) is 30.3 Å². The average molecular weight is 444 g/mol.